The fourth-order valence-electron chi connectivity index (χ4n) is 1.08. The molecule has 64 valence electrons. The highest BCUT2D eigenvalue weighted by Crippen LogP contribution is 2.15. The van der Waals surface area contributed by atoms with Gasteiger partial charge >= 0.3 is 7.12 Å². The van der Waals surface area contributed by atoms with Crippen LogP contribution in [0, 0.1) is 13.8 Å². The van der Waals surface area contributed by atoms with Crippen LogP contribution >= 0.6 is 15.9 Å². The lowest BCUT2D eigenvalue weighted by Crippen LogP contribution is -2.32. The molecule has 0 fully saturated rings. The van der Waals surface area contributed by atoms with Crippen molar-refractivity contribution in [2.75, 3.05) is 0 Å². The molecule has 2 N–H and O–H groups in total. The quantitative estimate of drug-likeness (QED) is 0.697. The second kappa shape index (κ2) is 3.60. The Kier molecular flexibility index (Phi) is 2.93. The van der Waals surface area contributed by atoms with Crippen molar-refractivity contribution >= 4 is 28.5 Å². The van der Waals surface area contributed by atoms with Gasteiger partial charge in [-0.3, -0.25) is 0 Å². The fourth-order valence-corrected chi connectivity index (χ4v) is 1.54. The fraction of sp³-hybridized carbons (Fsp3) is 0.250. The van der Waals surface area contributed by atoms with E-state index >= 15 is 0 Å². The second-order valence-corrected chi connectivity index (χ2v) is 3.69. The maximum atomic E-state index is 8.96. The summed E-state index contributed by atoms with van der Waals surface area (Å²) in [7, 11) is -1.38. The van der Waals surface area contributed by atoms with Crippen molar-refractivity contribution in [2.45, 2.75) is 13.8 Å². The van der Waals surface area contributed by atoms with Crippen LogP contribution in [0.25, 0.3) is 0 Å². The maximum Gasteiger partial charge on any atom is 0.488 e. The first kappa shape index (κ1) is 9.77. The summed E-state index contributed by atoms with van der Waals surface area (Å²) in [6.07, 6.45) is 0. The van der Waals surface area contributed by atoms with Gasteiger partial charge in [-0.15, -0.1) is 0 Å². The van der Waals surface area contributed by atoms with Gasteiger partial charge in [0.2, 0.25) is 0 Å². The van der Waals surface area contributed by atoms with Crippen LogP contribution in [0.5, 0.6) is 0 Å². The first-order chi connectivity index (χ1) is 5.52. The van der Waals surface area contributed by atoms with E-state index in [9.17, 15) is 0 Å². The number of rotatable bonds is 1. The van der Waals surface area contributed by atoms with Gasteiger partial charge in [0.05, 0.1) is 0 Å². The number of aryl methyl sites for hydroxylation is 2. The SMILES string of the molecule is Cc1cc(B(O)O)c(C)cc1Br. The Bertz CT molecular complexity index is 299. The molecular weight excluding hydrogens is 219 g/mol. The van der Waals surface area contributed by atoms with Gasteiger partial charge in [0.1, 0.15) is 0 Å². The van der Waals surface area contributed by atoms with Crippen molar-refractivity contribution in [1.29, 1.82) is 0 Å². The Morgan fingerprint density at radius 1 is 1.17 bits per heavy atom. The molecule has 0 aliphatic rings. The molecule has 0 heterocycles. The molecule has 0 aliphatic heterocycles. The van der Waals surface area contributed by atoms with Crippen molar-refractivity contribution in [2.24, 2.45) is 0 Å². The van der Waals surface area contributed by atoms with E-state index in [1.807, 2.05) is 19.9 Å². The smallest absolute Gasteiger partial charge is 0.423 e. The van der Waals surface area contributed by atoms with E-state index in [4.69, 9.17) is 10.0 Å². The number of hydrogen-bond donors (Lipinski definition) is 2. The minimum atomic E-state index is -1.38. The molecule has 0 spiro atoms. The molecule has 0 saturated heterocycles. The molecule has 0 unspecified atom stereocenters. The molecule has 1 aromatic rings. The zero-order valence-corrected chi connectivity index (χ0v) is 8.59. The summed E-state index contributed by atoms with van der Waals surface area (Å²) in [5.74, 6) is 0. The second-order valence-electron chi connectivity index (χ2n) is 2.83. The number of benzene rings is 1. The molecular formula is C8H10BBrO2. The molecule has 12 heavy (non-hydrogen) atoms. The van der Waals surface area contributed by atoms with Crippen molar-refractivity contribution < 1.29 is 10.0 Å². The molecule has 0 aromatic heterocycles. The molecule has 0 saturated carbocycles. The maximum absolute atomic E-state index is 8.96. The van der Waals surface area contributed by atoms with Crippen LogP contribution in [-0.2, 0) is 0 Å². The van der Waals surface area contributed by atoms with Crippen LogP contribution in [0.1, 0.15) is 11.1 Å². The van der Waals surface area contributed by atoms with Crippen LogP contribution in [0.2, 0.25) is 0 Å². The third kappa shape index (κ3) is 1.89. The summed E-state index contributed by atoms with van der Waals surface area (Å²) in [6.45, 7) is 3.76. The van der Waals surface area contributed by atoms with Gasteiger partial charge in [0.25, 0.3) is 0 Å². The van der Waals surface area contributed by atoms with Gasteiger partial charge in [-0.2, -0.15) is 0 Å². The largest absolute Gasteiger partial charge is 0.488 e. The van der Waals surface area contributed by atoms with Gasteiger partial charge in [0.15, 0.2) is 0 Å². The Labute approximate surface area is 80.5 Å². The van der Waals surface area contributed by atoms with Crippen molar-refractivity contribution in [3.8, 4) is 0 Å². The van der Waals surface area contributed by atoms with Crippen LogP contribution in [0.4, 0.5) is 0 Å². The van der Waals surface area contributed by atoms with E-state index in [0.29, 0.717) is 5.46 Å². The normalized spacial score (nSPS) is 10.1. The van der Waals surface area contributed by atoms with E-state index in [0.717, 1.165) is 15.6 Å². The highest BCUT2D eigenvalue weighted by atomic mass is 79.9. The van der Waals surface area contributed by atoms with Crippen LogP contribution in [0.15, 0.2) is 16.6 Å². The van der Waals surface area contributed by atoms with E-state index in [2.05, 4.69) is 15.9 Å². The summed E-state index contributed by atoms with van der Waals surface area (Å²) in [5, 5.41) is 17.9. The standard InChI is InChI=1S/C8H10BBrO2/c1-5-4-8(10)6(2)3-7(5)9(11)12/h3-4,11-12H,1-2H3. The molecule has 0 bridgehead atoms. The summed E-state index contributed by atoms with van der Waals surface area (Å²) in [5.41, 5.74) is 2.45. The summed E-state index contributed by atoms with van der Waals surface area (Å²) in [4.78, 5) is 0. The van der Waals surface area contributed by atoms with E-state index in [-0.39, 0.29) is 0 Å². The zero-order valence-electron chi connectivity index (χ0n) is 7.00. The summed E-state index contributed by atoms with van der Waals surface area (Å²) < 4.78 is 0.990. The first-order valence-corrected chi connectivity index (χ1v) is 4.44. The molecule has 0 amide bonds. The van der Waals surface area contributed by atoms with Gasteiger partial charge in [-0.1, -0.05) is 27.6 Å². The molecule has 0 radical (unpaired) electrons. The predicted molar refractivity (Wildman–Crippen MR) is 53.4 cm³/mol. The van der Waals surface area contributed by atoms with Gasteiger partial charge in [-0.25, -0.2) is 0 Å². The zero-order chi connectivity index (χ0) is 9.30. The summed E-state index contributed by atoms with van der Waals surface area (Å²) >= 11 is 3.37. The van der Waals surface area contributed by atoms with Crippen LogP contribution in [0.3, 0.4) is 0 Å². The molecule has 1 aromatic carbocycles. The Morgan fingerprint density at radius 2 is 1.75 bits per heavy atom. The van der Waals surface area contributed by atoms with Gasteiger partial charge in [-0.05, 0) is 30.9 Å². The van der Waals surface area contributed by atoms with E-state index in [1.165, 1.54) is 0 Å². The van der Waals surface area contributed by atoms with Crippen molar-refractivity contribution in [3.63, 3.8) is 0 Å². The minimum Gasteiger partial charge on any atom is -0.423 e. The molecule has 1 rings (SSSR count). The lowest BCUT2D eigenvalue weighted by Gasteiger charge is -2.07. The number of hydrogen-bond acceptors (Lipinski definition) is 2. The van der Waals surface area contributed by atoms with Crippen molar-refractivity contribution in [3.05, 3.63) is 27.7 Å². The van der Waals surface area contributed by atoms with Crippen LogP contribution < -0.4 is 5.46 Å². The third-order valence-electron chi connectivity index (χ3n) is 1.83. The third-order valence-corrected chi connectivity index (χ3v) is 2.68. The molecule has 0 atom stereocenters. The minimum absolute atomic E-state index is 0.565. The topological polar surface area (TPSA) is 40.5 Å². The van der Waals surface area contributed by atoms with E-state index < -0.39 is 7.12 Å². The monoisotopic (exact) mass is 228 g/mol. The highest BCUT2D eigenvalue weighted by molar-refractivity contribution is 9.10. The average molecular weight is 229 g/mol. The first-order valence-electron chi connectivity index (χ1n) is 3.65. The molecule has 2 nitrogen and oxygen atoms in total. The molecule has 0 aliphatic carbocycles. The van der Waals surface area contributed by atoms with E-state index in [1.54, 1.807) is 6.07 Å². The van der Waals surface area contributed by atoms with Crippen LogP contribution in [-0.4, -0.2) is 17.2 Å². The van der Waals surface area contributed by atoms with Gasteiger partial charge in [0, 0.05) is 4.47 Å². The highest BCUT2D eigenvalue weighted by Gasteiger charge is 2.14. The van der Waals surface area contributed by atoms with Crippen molar-refractivity contribution in [1.82, 2.24) is 0 Å². The Hall–Kier alpha value is -0.315. The average Bonchev–Trinajstić information content (AvgIpc) is 1.96. The predicted octanol–water partition coefficient (Wildman–Crippen LogP) is 0.746. The summed E-state index contributed by atoms with van der Waals surface area (Å²) in [6, 6.07) is 3.65. The van der Waals surface area contributed by atoms with Gasteiger partial charge < -0.3 is 10.0 Å². The number of halogens is 1. The Balaban J connectivity index is 3.23. The Morgan fingerprint density at radius 3 is 2.25 bits per heavy atom. The molecule has 4 heteroatoms. The lowest BCUT2D eigenvalue weighted by molar-refractivity contribution is 0.425. The lowest BCUT2D eigenvalue weighted by atomic mass is 9.77.